The average Bonchev–Trinajstić information content (AvgIpc) is 2.55. The molecule has 0 aliphatic heterocycles. The third-order valence-electron chi connectivity index (χ3n) is 3.44. The van der Waals surface area contributed by atoms with Crippen molar-refractivity contribution >= 4 is 21.9 Å². The Morgan fingerprint density at radius 1 is 1.00 bits per heavy atom. The molecule has 0 aromatic heterocycles. The van der Waals surface area contributed by atoms with E-state index in [0.717, 1.165) is 5.56 Å². The second kappa shape index (κ2) is 7.39. The summed E-state index contributed by atoms with van der Waals surface area (Å²) in [7, 11) is -3.44. The molecule has 0 atom stereocenters. The lowest BCUT2D eigenvalue weighted by Crippen LogP contribution is -2.30. The van der Waals surface area contributed by atoms with Gasteiger partial charge in [-0.05, 0) is 54.1 Å². The van der Waals surface area contributed by atoms with Crippen LogP contribution in [0, 0.1) is 0 Å². The number of hydrogen-bond donors (Lipinski definition) is 1. The smallest absolute Gasteiger partial charge is 0.243 e. The maximum absolute atomic E-state index is 12.4. The van der Waals surface area contributed by atoms with Gasteiger partial charge in [0, 0.05) is 19.3 Å². The molecule has 2 aromatic rings. The topological polar surface area (TPSA) is 70.0 Å². The molecule has 23 heavy (non-hydrogen) atoms. The van der Waals surface area contributed by atoms with Gasteiger partial charge in [0.05, 0.1) is 10.6 Å². The SMILES string of the molecule is CCN(CC)S(=O)(=O)c1ccc(N=Cc2ccc(O)cc2)cc1. The number of benzene rings is 2. The third kappa shape index (κ3) is 4.18. The maximum atomic E-state index is 12.4. The molecule has 0 saturated carbocycles. The molecule has 122 valence electrons. The summed E-state index contributed by atoms with van der Waals surface area (Å²) in [5, 5.41) is 9.23. The lowest BCUT2D eigenvalue weighted by Gasteiger charge is -2.18. The molecule has 0 fully saturated rings. The lowest BCUT2D eigenvalue weighted by molar-refractivity contribution is 0.445. The Morgan fingerprint density at radius 3 is 2.09 bits per heavy atom. The Balaban J connectivity index is 2.18. The van der Waals surface area contributed by atoms with Crippen LogP contribution in [-0.2, 0) is 10.0 Å². The van der Waals surface area contributed by atoms with Crippen LogP contribution in [0.15, 0.2) is 58.4 Å². The molecular weight excluding hydrogens is 312 g/mol. The monoisotopic (exact) mass is 332 g/mol. The summed E-state index contributed by atoms with van der Waals surface area (Å²) in [6.45, 7) is 4.52. The van der Waals surface area contributed by atoms with Crippen LogP contribution in [0.5, 0.6) is 5.75 Å². The van der Waals surface area contributed by atoms with Crippen molar-refractivity contribution < 1.29 is 13.5 Å². The van der Waals surface area contributed by atoms with E-state index in [2.05, 4.69) is 4.99 Å². The molecule has 0 unspecified atom stereocenters. The first kappa shape index (κ1) is 17.2. The molecule has 1 N–H and O–H groups in total. The van der Waals surface area contributed by atoms with Crippen LogP contribution in [0.3, 0.4) is 0 Å². The standard InChI is InChI=1S/C17H20N2O3S/c1-3-19(4-2)23(21,22)17-11-7-15(8-12-17)18-13-14-5-9-16(20)10-6-14/h5-13,20H,3-4H2,1-2H3. The first-order valence-electron chi connectivity index (χ1n) is 7.40. The Kier molecular flexibility index (Phi) is 5.52. The van der Waals surface area contributed by atoms with Gasteiger partial charge in [0.2, 0.25) is 10.0 Å². The second-order valence-electron chi connectivity index (χ2n) is 4.93. The fourth-order valence-corrected chi connectivity index (χ4v) is 3.58. The molecular formula is C17H20N2O3S. The third-order valence-corrected chi connectivity index (χ3v) is 5.50. The predicted octanol–water partition coefficient (Wildman–Crippen LogP) is 3.17. The second-order valence-corrected chi connectivity index (χ2v) is 6.87. The average molecular weight is 332 g/mol. The zero-order chi connectivity index (χ0) is 16.9. The Bertz CT molecular complexity index is 762. The maximum Gasteiger partial charge on any atom is 0.243 e. The predicted molar refractivity (Wildman–Crippen MR) is 91.9 cm³/mol. The minimum atomic E-state index is -3.44. The van der Waals surface area contributed by atoms with Crippen LogP contribution in [0.4, 0.5) is 5.69 Å². The summed E-state index contributed by atoms with van der Waals surface area (Å²) in [5.74, 6) is 0.202. The van der Waals surface area contributed by atoms with Crippen molar-refractivity contribution in [3.8, 4) is 5.75 Å². The van der Waals surface area contributed by atoms with Crippen molar-refractivity contribution in [3.63, 3.8) is 0 Å². The Labute approximate surface area is 137 Å². The summed E-state index contributed by atoms with van der Waals surface area (Å²) in [5.41, 5.74) is 1.51. The van der Waals surface area contributed by atoms with Crippen molar-refractivity contribution in [2.45, 2.75) is 18.7 Å². The van der Waals surface area contributed by atoms with Gasteiger partial charge in [-0.2, -0.15) is 4.31 Å². The van der Waals surface area contributed by atoms with E-state index in [0.29, 0.717) is 18.8 Å². The van der Waals surface area contributed by atoms with Crippen LogP contribution in [0.2, 0.25) is 0 Å². The van der Waals surface area contributed by atoms with Gasteiger partial charge in [-0.3, -0.25) is 4.99 Å². The van der Waals surface area contributed by atoms with Crippen LogP contribution in [0.25, 0.3) is 0 Å². The van der Waals surface area contributed by atoms with Crippen LogP contribution >= 0.6 is 0 Å². The minimum Gasteiger partial charge on any atom is -0.508 e. The largest absolute Gasteiger partial charge is 0.508 e. The van der Waals surface area contributed by atoms with Gasteiger partial charge in [-0.15, -0.1) is 0 Å². The molecule has 6 heteroatoms. The Hall–Kier alpha value is -2.18. The number of hydrogen-bond acceptors (Lipinski definition) is 4. The molecule has 2 aromatic carbocycles. The Morgan fingerprint density at radius 2 is 1.57 bits per heavy atom. The zero-order valence-electron chi connectivity index (χ0n) is 13.2. The highest BCUT2D eigenvalue weighted by molar-refractivity contribution is 7.89. The molecule has 2 rings (SSSR count). The molecule has 0 spiro atoms. The van der Waals surface area contributed by atoms with Crippen LogP contribution < -0.4 is 0 Å². The fourth-order valence-electron chi connectivity index (χ4n) is 2.13. The highest BCUT2D eigenvalue weighted by Gasteiger charge is 2.20. The van der Waals surface area contributed by atoms with E-state index in [1.54, 1.807) is 54.7 Å². The molecule has 0 aliphatic carbocycles. The van der Waals surface area contributed by atoms with Crippen molar-refractivity contribution in [1.82, 2.24) is 4.31 Å². The van der Waals surface area contributed by atoms with E-state index in [9.17, 15) is 13.5 Å². The number of rotatable bonds is 6. The van der Waals surface area contributed by atoms with Gasteiger partial charge in [-0.1, -0.05) is 13.8 Å². The van der Waals surface area contributed by atoms with E-state index in [1.165, 1.54) is 4.31 Å². The van der Waals surface area contributed by atoms with Gasteiger partial charge < -0.3 is 5.11 Å². The fraction of sp³-hybridized carbons (Fsp3) is 0.235. The normalized spacial score (nSPS) is 12.1. The highest BCUT2D eigenvalue weighted by atomic mass is 32.2. The number of phenols is 1. The first-order valence-corrected chi connectivity index (χ1v) is 8.84. The van der Waals surface area contributed by atoms with Crippen molar-refractivity contribution in [2.24, 2.45) is 4.99 Å². The summed E-state index contributed by atoms with van der Waals surface area (Å²) < 4.78 is 26.2. The van der Waals surface area contributed by atoms with Crippen molar-refractivity contribution in [1.29, 1.82) is 0 Å². The number of phenolic OH excluding ortho intramolecular Hbond substituents is 1. The van der Waals surface area contributed by atoms with E-state index in [1.807, 2.05) is 13.8 Å². The molecule has 0 heterocycles. The molecule has 0 radical (unpaired) electrons. The van der Waals surface area contributed by atoms with Crippen molar-refractivity contribution in [3.05, 3.63) is 54.1 Å². The summed E-state index contributed by atoms with van der Waals surface area (Å²) >= 11 is 0. The molecule has 0 amide bonds. The number of sulfonamides is 1. The quantitative estimate of drug-likeness (QED) is 0.826. The van der Waals surface area contributed by atoms with Gasteiger partial charge in [0.1, 0.15) is 5.75 Å². The van der Waals surface area contributed by atoms with Gasteiger partial charge in [0.15, 0.2) is 0 Å². The van der Waals surface area contributed by atoms with E-state index in [4.69, 9.17) is 0 Å². The minimum absolute atomic E-state index is 0.202. The van der Waals surface area contributed by atoms with E-state index >= 15 is 0 Å². The van der Waals surface area contributed by atoms with E-state index in [-0.39, 0.29) is 10.6 Å². The molecule has 0 saturated heterocycles. The highest BCUT2D eigenvalue weighted by Crippen LogP contribution is 2.20. The number of nitrogens with zero attached hydrogens (tertiary/aromatic N) is 2. The molecule has 5 nitrogen and oxygen atoms in total. The zero-order valence-corrected chi connectivity index (χ0v) is 14.0. The van der Waals surface area contributed by atoms with Crippen LogP contribution in [-0.4, -0.2) is 37.1 Å². The summed E-state index contributed by atoms with van der Waals surface area (Å²) in [4.78, 5) is 4.57. The number of aliphatic imine (C=N–C) groups is 1. The van der Waals surface area contributed by atoms with Gasteiger partial charge >= 0.3 is 0 Å². The lowest BCUT2D eigenvalue weighted by atomic mass is 10.2. The van der Waals surface area contributed by atoms with Gasteiger partial charge in [0.25, 0.3) is 0 Å². The summed E-state index contributed by atoms with van der Waals surface area (Å²) in [6.07, 6.45) is 1.66. The van der Waals surface area contributed by atoms with Gasteiger partial charge in [-0.25, -0.2) is 8.42 Å². The first-order chi connectivity index (χ1) is 11.0. The summed E-state index contributed by atoms with van der Waals surface area (Å²) in [6, 6.07) is 13.1. The van der Waals surface area contributed by atoms with Crippen molar-refractivity contribution in [2.75, 3.05) is 13.1 Å². The van der Waals surface area contributed by atoms with Crippen LogP contribution in [0.1, 0.15) is 19.4 Å². The van der Waals surface area contributed by atoms with E-state index < -0.39 is 10.0 Å². The molecule has 0 bridgehead atoms. The number of aromatic hydroxyl groups is 1. The molecule has 0 aliphatic rings.